The Morgan fingerprint density at radius 2 is 1.90 bits per heavy atom. The van der Waals surface area contributed by atoms with Crippen molar-refractivity contribution >= 4 is 16.6 Å². The van der Waals surface area contributed by atoms with Gasteiger partial charge in [-0.2, -0.15) is 5.10 Å². The topological polar surface area (TPSA) is 51.0 Å². The molecule has 5 nitrogen and oxygen atoms in total. The molecule has 0 N–H and O–H groups in total. The summed E-state index contributed by atoms with van der Waals surface area (Å²) in [5, 5.41) is 6.81. The van der Waals surface area contributed by atoms with Crippen molar-refractivity contribution in [1.82, 2.24) is 19.7 Å². The third kappa shape index (κ3) is 3.97. The molecule has 0 unspecified atom stereocenters. The summed E-state index contributed by atoms with van der Waals surface area (Å²) < 4.78 is 2.01. The Morgan fingerprint density at radius 1 is 1.07 bits per heavy atom. The number of nitrogens with zero attached hydrogens (tertiary/aromatic N) is 4. The number of ketones is 1. The fraction of sp³-hybridized carbons (Fsp3) is 0.458. The van der Waals surface area contributed by atoms with Crippen LogP contribution in [0.4, 0.5) is 0 Å². The summed E-state index contributed by atoms with van der Waals surface area (Å²) >= 11 is 0. The molecular formula is C24H28N4O. The lowest BCUT2D eigenvalue weighted by atomic mass is 10.0. The molecule has 3 aromatic rings. The van der Waals surface area contributed by atoms with E-state index in [1.54, 1.807) is 0 Å². The summed E-state index contributed by atoms with van der Waals surface area (Å²) in [4.78, 5) is 19.2. The number of carbonyl (C=O) groups excluding carboxylic acids is 1. The third-order valence-electron chi connectivity index (χ3n) is 6.36. The molecule has 0 atom stereocenters. The Kier molecular flexibility index (Phi) is 4.92. The van der Waals surface area contributed by atoms with E-state index in [2.05, 4.69) is 39.2 Å². The van der Waals surface area contributed by atoms with Crippen LogP contribution in [0.5, 0.6) is 0 Å². The molecule has 1 aromatic carbocycles. The lowest BCUT2D eigenvalue weighted by Crippen LogP contribution is -2.30. The maximum Gasteiger partial charge on any atom is 0.141 e. The van der Waals surface area contributed by atoms with Crippen LogP contribution >= 0.6 is 0 Å². The van der Waals surface area contributed by atoms with Crippen molar-refractivity contribution in [2.75, 3.05) is 13.1 Å². The second-order valence-corrected chi connectivity index (χ2v) is 8.62. The number of rotatable bonds is 6. The van der Waals surface area contributed by atoms with Crippen molar-refractivity contribution in [2.24, 2.45) is 13.0 Å². The van der Waals surface area contributed by atoms with Gasteiger partial charge in [-0.05, 0) is 61.9 Å². The van der Waals surface area contributed by atoms with Gasteiger partial charge in [0.05, 0.1) is 11.9 Å². The average molecular weight is 389 g/mol. The number of aromatic nitrogens is 3. The molecule has 5 heteroatoms. The molecule has 2 fully saturated rings. The number of carbonyl (C=O) groups is 1. The molecule has 2 aliphatic rings. The van der Waals surface area contributed by atoms with Crippen LogP contribution in [-0.4, -0.2) is 38.5 Å². The van der Waals surface area contributed by atoms with Crippen molar-refractivity contribution < 1.29 is 4.79 Å². The van der Waals surface area contributed by atoms with Gasteiger partial charge in [0, 0.05) is 48.8 Å². The van der Waals surface area contributed by atoms with E-state index in [1.165, 1.54) is 49.2 Å². The van der Waals surface area contributed by atoms with Gasteiger partial charge >= 0.3 is 0 Å². The number of fused-ring (bicyclic) bond motifs is 1. The fourth-order valence-corrected chi connectivity index (χ4v) is 4.40. The minimum atomic E-state index is 0.284. The minimum absolute atomic E-state index is 0.284. The molecule has 1 saturated carbocycles. The molecule has 29 heavy (non-hydrogen) atoms. The maximum atomic E-state index is 12.2. The molecule has 150 valence electrons. The van der Waals surface area contributed by atoms with Crippen molar-refractivity contribution in [2.45, 2.75) is 45.1 Å². The number of aryl methyl sites for hydroxylation is 1. The first-order chi connectivity index (χ1) is 14.2. The number of pyridine rings is 1. The lowest BCUT2D eigenvalue weighted by Gasteiger charge is -2.26. The average Bonchev–Trinajstić information content (AvgIpc) is 3.53. The molecule has 5 rings (SSSR count). The van der Waals surface area contributed by atoms with E-state index >= 15 is 0 Å². The molecule has 2 aromatic heterocycles. The lowest BCUT2D eigenvalue weighted by molar-refractivity contribution is -0.119. The highest BCUT2D eigenvalue weighted by Crippen LogP contribution is 2.32. The van der Waals surface area contributed by atoms with Crippen LogP contribution in [0.15, 0.2) is 36.7 Å². The molecule has 0 radical (unpaired) electrons. The van der Waals surface area contributed by atoms with Gasteiger partial charge < -0.3 is 0 Å². The first-order valence-electron chi connectivity index (χ1n) is 10.8. The normalized spacial score (nSPS) is 17.7. The zero-order valence-corrected chi connectivity index (χ0v) is 17.1. The van der Waals surface area contributed by atoms with Crippen molar-refractivity contribution in [3.05, 3.63) is 48.0 Å². The molecular weight excluding hydrogens is 360 g/mol. The Morgan fingerprint density at radius 3 is 2.69 bits per heavy atom. The van der Waals surface area contributed by atoms with Gasteiger partial charge in [0.15, 0.2) is 0 Å². The standard InChI is InChI=1S/C24H28N4O/c1-27-23(16-28-9-3-2-4-10-28)22(15-26-27)18-7-8-19-14-25-21(12-20(19)11-18)13-24(29)17-5-6-17/h7-8,11-12,14-15,17H,2-6,9-10,13,16H2,1H3. The molecule has 0 spiro atoms. The van der Waals surface area contributed by atoms with Crippen molar-refractivity contribution in [3.8, 4) is 11.1 Å². The van der Waals surface area contributed by atoms with E-state index in [4.69, 9.17) is 0 Å². The highest BCUT2D eigenvalue weighted by Gasteiger charge is 2.29. The van der Waals surface area contributed by atoms with Gasteiger partial charge in [-0.3, -0.25) is 19.4 Å². The second kappa shape index (κ2) is 7.71. The summed E-state index contributed by atoms with van der Waals surface area (Å²) in [5.41, 5.74) is 4.53. The predicted molar refractivity (Wildman–Crippen MR) is 115 cm³/mol. The molecule has 3 heterocycles. The number of hydrogen-bond donors (Lipinski definition) is 0. The van der Waals surface area contributed by atoms with Gasteiger partial charge in [0.25, 0.3) is 0 Å². The molecule has 0 bridgehead atoms. The Balaban J connectivity index is 1.44. The summed E-state index contributed by atoms with van der Waals surface area (Å²) in [5.74, 6) is 0.621. The monoisotopic (exact) mass is 388 g/mol. The van der Waals surface area contributed by atoms with E-state index in [1.807, 2.05) is 24.1 Å². The zero-order valence-electron chi connectivity index (χ0n) is 17.1. The van der Waals surface area contributed by atoms with Gasteiger partial charge in [-0.15, -0.1) is 0 Å². The maximum absolute atomic E-state index is 12.2. The molecule has 1 aliphatic heterocycles. The summed E-state index contributed by atoms with van der Waals surface area (Å²) in [6.45, 7) is 3.29. The first-order valence-corrected chi connectivity index (χ1v) is 10.8. The van der Waals surface area contributed by atoms with Crippen LogP contribution < -0.4 is 0 Å². The summed E-state index contributed by atoms with van der Waals surface area (Å²) in [7, 11) is 2.04. The number of hydrogen-bond acceptors (Lipinski definition) is 4. The van der Waals surface area contributed by atoms with Crippen molar-refractivity contribution in [1.29, 1.82) is 0 Å². The van der Waals surface area contributed by atoms with Crippen LogP contribution in [0.2, 0.25) is 0 Å². The zero-order chi connectivity index (χ0) is 19.8. The van der Waals surface area contributed by atoms with Crippen LogP contribution in [-0.2, 0) is 24.8 Å². The smallest absolute Gasteiger partial charge is 0.141 e. The Bertz CT molecular complexity index is 1040. The van der Waals surface area contributed by atoms with Gasteiger partial charge in [0.2, 0.25) is 0 Å². The van der Waals surface area contributed by atoms with Gasteiger partial charge in [-0.1, -0.05) is 18.6 Å². The SMILES string of the molecule is Cn1ncc(-c2ccc3cnc(CC(=O)C4CC4)cc3c2)c1CN1CCCCC1. The number of piperidine rings is 1. The summed E-state index contributed by atoms with van der Waals surface area (Å²) in [6.07, 6.45) is 10.4. The van der Waals surface area contributed by atoms with Crippen molar-refractivity contribution in [3.63, 3.8) is 0 Å². The van der Waals surface area contributed by atoms with Crippen LogP contribution in [0.25, 0.3) is 21.9 Å². The van der Waals surface area contributed by atoms with Crippen LogP contribution in [0, 0.1) is 5.92 Å². The van der Waals surface area contributed by atoms with Gasteiger partial charge in [-0.25, -0.2) is 0 Å². The van der Waals surface area contributed by atoms with Crippen LogP contribution in [0.1, 0.15) is 43.5 Å². The molecule has 0 amide bonds. The van der Waals surface area contributed by atoms with E-state index in [9.17, 15) is 4.79 Å². The minimum Gasteiger partial charge on any atom is -0.299 e. The number of likely N-dealkylation sites (tertiary alicyclic amines) is 1. The largest absolute Gasteiger partial charge is 0.299 e. The van der Waals surface area contributed by atoms with Gasteiger partial charge in [0.1, 0.15) is 5.78 Å². The quantitative estimate of drug-likeness (QED) is 0.637. The third-order valence-corrected chi connectivity index (χ3v) is 6.36. The van der Waals surface area contributed by atoms with Crippen LogP contribution in [0.3, 0.4) is 0 Å². The highest BCUT2D eigenvalue weighted by atomic mass is 16.1. The second-order valence-electron chi connectivity index (χ2n) is 8.62. The number of Topliss-reactive ketones (excluding diaryl/α,β-unsaturated/α-hetero) is 1. The number of benzene rings is 1. The van der Waals surface area contributed by atoms with E-state index in [-0.39, 0.29) is 5.92 Å². The Labute approximate surface area is 171 Å². The van der Waals surface area contributed by atoms with E-state index < -0.39 is 0 Å². The van der Waals surface area contributed by atoms with E-state index in [0.29, 0.717) is 12.2 Å². The molecule has 1 aliphatic carbocycles. The fourth-order valence-electron chi connectivity index (χ4n) is 4.40. The molecule has 1 saturated heterocycles. The Hall–Kier alpha value is -2.53. The highest BCUT2D eigenvalue weighted by molar-refractivity contribution is 5.89. The first kappa shape index (κ1) is 18.5. The predicted octanol–water partition coefficient (Wildman–Crippen LogP) is 4.14. The summed E-state index contributed by atoms with van der Waals surface area (Å²) in [6, 6.07) is 8.59. The van der Waals surface area contributed by atoms with E-state index in [0.717, 1.165) is 35.9 Å².